The first-order valence-electron chi connectivity index (χ1n) is 7.79. The molecule has 0 saturated heterocycles. The monoisotopic (exact) mass is 433 g/mol. The number of esters is 1. The number of ether oxygens (including phenoxy) is 1. The average molecular weight is 433 g/mol. The van der Waals surface area contributed by atoms with Crippen molar-refractivity contribution >= 4 is 35.9 Å². The van der Waals surface area contributed by atoms with Gasteiger partial charge in [0.2, 0.25) is 0 Å². The second kappa shape index (κ2) is 12.2. The SMILES string of the molecule is CCNC(=NCc1ccccc1C)NCCC(=O)OC(C)C.I. The maximum absolute atomic E-state index is 11.5. The Hall–Kier alpha value is -1.31. The molecule has 0 aliphatic rings. The van der Waals surface area contributed by atoms with E-state index in [2.05, 4.69) is 34.7 Å². The van der Waals surface area contributed by atoms with Crippen molar-refractivity contribution in [1.29, 1.82) is 0 Å². The first kappa shape index (κ1) is 21.7. The van der Waals surface area contributed by atoms with Crippen LogP contribution in [0.2, 0.25) is 0 Å². The molecule has 0 bridgehead atoms. The van der Waals surface area contributed by atoms with Crippen LogP contribution in [0.15, 0.2) is 29.3 Å². The van der Waals surface area contributed by atoms with E-state index < -0.39 is 0 Å². The molecule has 130 valence electrons. The van der Waals surface area contributed by atoms with Crippen molar-refractivity contribution in [2.24, 2.45) is 4.99 Å². The summed E-state index contributed by atoms with van der Waals surface area (Å²) in [7, 11) is 0. The molecular formula is C17H28IN3O2. The largest absolute Gasteiger partial charge is 0.463 e. The van der Waals surface area contributed by atoms with Crippen molar-refractivity contribution in [2.75, 3.05) is 13.1 Å². The van der Waals surface area contributed by atoms with E-state index >= 15 is 0 Å². The molecule has 0 aliphatic carbocycles. The van der Waals surface area contributed by atoms with Crippen LogP contribution in [0, 0.1) is 6.92 Å². The van der Waals surface area contributed by atoms with Crippen LogP contribution in [0.5, 0.6) is 0 Å². The van der Waals surface area contributed by atoms with E-state index in [4.69, 9.17) is 4.74 Å². The summed E-state index contributed by atoms with van der Waals surface area (Å²) in [5, 5.41) is 6.33. The van der Waals surface area contributed by atoms with Gasteiger partial charge < -0.3 is 15.4 Å². The third-order valence-corrected chi connectivity index (χ3v) is 3.00. The summed E-state index contributed by atoms with van der Waals surface area (Å²) in [5.74, 6) is 0.514. The number of halogens is 1. The van der Waals surface area contributed by atoms with Crippen LogP contribution in [-0.4, -0.2) is 31.1 Å². The van der Waals surface area contributed by atoms with Crippen molar-refractivity contribution in [3.05, 3.63) is 35.4 Å². The molecule has 0 heterocycles. The van der Waals surface area contributed by atoms with Crippen LogP contribution in [0.4, 0.5) is 0 Å². The van der Waals surface area contributed by atoms with E-state index in [1.54, 1.807) is 0 Å². The number of nitrogens with one attached hydrogen (secondary N) is 2. The Labute approximate surface area is 156 Å². The third-order valence-electron chi connectivity index (χ3n) is 3.00. The van der Waals surface area contributed by atoms with E-state index in [1.807, 2.05) is 32.9 Å². The molecule has 0 atom stereocenters. The number of hydrogen-bond acceptors (Lipinski definition) is 3. The van der Waals surface area contributed by atoms with E-state index in [0.29, 0.717) is 25.5 Å². The Balaban J connectivity index is 0.00000484. The van der Waals surface area contributed by atoms with Crippen molar-refractivity contribution in [1.82, 2.24) is 10.6 Å². The van der Waals surface area contributed by atoms with Gasteiger partial charge in [-0.3, -0.25) is 4.79 Å². The lowest BCUT2D eigenvalue weighted by Crippen LogP contribution is -2.38. The maximum Gasteiger partial charge on any atom is 0.307 e. The van der Waals surface area contributed by atoms with Gasteiger partial charge in [-0.05, 0) is 38.8 Å². The van der Waals surface area contributed by atoms with E-state index in [1.165, 1.54) is 11.1 Å². The van der Waals surface area contributed by atoms with Crippen LogP contribution in [0.3, 0.4) is 0 Å². The fraction of sp³-hybridized carbons (Fsp3) is 0.529. The number of nitrogens with zero attached hydrogens (tertiary/aromatic N) is 1. The Kier molecular flexibility index (Phi) is 11.5. The first-order chi connectivity index (χ1) is 10.5. The minimum Gasteiger partial charge on any atom is -0.463 e. The van der Waals surface area contributed by atoms with Gasteiger partial charge in [0.25, 0.3) is 0 Å². The number of aryl methyl sites for hydroxylation is 1. The lowest BCUT2D eigenvalue weighted by molar-refractivity contribution is -0.147. The highest BCUT2D eigenvalue weighted by molar-refractivity contribution is 14.0. The normalized spacial score (nSPS) is 10.9. The van der Waals surface area contributed by atoms with Crippen LogP contribution < -0.4 is 10.6 Å². The number of hydrogen-bond donors (Lipinski definition) is 2. The molecule has 0 fully saturated rings. The van der Waals surface area contributed by atoms with Gasteiger partial charge >= 0.3 is 5.97 Å². The molecule has 5 nitrogen and oxygen atoms in total. The maximum atomic E-state index is 11.5. The number of guanidine groups is 1. The molecule has 0 aromatic heterocycles. The van der Waals surface area contributed by atoms with Crippen LogP contribution >= 0.6 is 24.0 Å². The summed E-state index contributed by atoms with van der Waals surface area (Å²) in [5.41, 5.74) is 2.42. The molecule has 0 aliphatic heterocycles. The molecule has 0 saturated carbocycles. The topological polar surface area (TPSA) is 62.7 Å². The Bertz CT molecular complexity index is 504. The van der Waals surface area contributed by atoms with E-state index in [-0.39, 0.29) is 36.0 Å². The summed E-state index contributed by atoms with van der Waals surface area (Å²) in [6.07, 6.45) is 0.253. The quantitative estimate of drug-likeness (QED) is 0.301. The van der Waals surface area contributed by atoms with Gasteiger partial charge in [-0.2, -0.15) is 0 Å². The molecule has 0 unspecified atom stereocenters. The number of benzene rings is 1. The van der Waals surface area contributed by atoms with Crippen LogP contribution in [0.25, 0.3) is 0 Å². The highest BCUT2D eigenvalue weighted by Gasteiger charge is 2.06. The summed E-state index contributed by atoms with van der Waals surface area (Å²) >= 11 is 0. The molecule has 23 heavy (non-hydrogen) atoms. The summed E-state index contributed by atoms with van der Waals surface area (Å²) in [6, 6.07) is 8.18. The van der Waals surface area contributed by atoms with Gasteiger partial charge in [0, 0.05) is 13.1 Å². The van der Waals surface area contributed by atoms with E-state index in [0.717, 1.165) is 6.54 Å². The van der Waals surface area contributed by atoms with Crippen molar-refractivity contribution in [3.63, 3.8) is 0 Å². The molecule has 2 N–H and O–H groups in total. The lowest BCUT2D eigenvalue weighted by Gasteiger charge is -2.12. The molecule has 1 rings (SSSR count). The predicted octanol–water partition coefficient (Wildman–Crippen LogP) is 3.01. The van der Waals surface area contributed by atoms with Crippen molar-refractivity contribution < 1.29 is 9.53 Å². The van der Waals surface area contributed by atoms with Gasteiger partial charge in [0.05, 0.1) is 19.1 Å². The summed E-state index contributed by atoms with van der Waals surface area (Å²) in [6.45, 7) is 9.67. The molecule has 1 aromatic rings. The Morgan fingerprint density at radius 1 is 1.26 bits per heavy atom. The molecule has 0 radical (unpaired) electrons. The van der Waals surface area contributed by atoms with Gasteiger partial charge in [-0.1, -0.05) is 24.3 Å². The second-order valence-electron chi connectivity index (χ2n) is 5.34. The zero-order valence-corrected chi connectivity index (χ0v) is 16.7. The van der Waals surface area contributed by atoms with Crippen LogP contribution in [-0.2, 0) is 16.1 Å². The summed E-state index contributed by atoms with van der Waals surface area (Å²) in [4.78, 5) is 16.0. The number of carbonyl (C=O) groups is 1. The molecule has 6 heteroatoms. The lowest BCUT2D eigenvalue weighted by atomic mass is 10.1. The second-order valence-corrected chi connectivity index (χ2v) is 5.34. The number of rotatable bonds is 7. The van der Waals surface area contributed by atoms with Gasteiger partial charge in [0.1, 0.15) is 0 Å². The fourth-order valence-corrected chi connectivity index (χ4v) is 1.90. The van der Waals surface area contributed by atoms with Crippen LogP contribution in [0.1, 0.15) is 38.3 Å². The predicted molar refractivity (Wildman–Crippen MR) is 105 cm³/mol. The Morgan fingerprint density at radius 2 is 1.96 bits per heavy atom. The number of carbonyl (C=O) groups excluding carboxylic acids is 1. The van der Waals surface area contributed by atoms with Crippen molar-refractivity contribution in [3.8, 4) is 0 Å². The first-order valence-corrected chi connectivity index (χ1v) is 7.79. The number of aliphatic imine (C=N–C) groups is 1. The molecule has 0 spiro atoms. The smallest absolute Gasteiger partial charge is 0.307 e. The highest BCUT2D eigenvalue weighted by atomic mass is 127. The third kappa shape index (κ3) is 9.43. The molecule has 1 aromatic carbocycles. The minimum absolute atomic E-state index is 0. The standard InChI is InChI=1S/C17H27N3O2.HI/c1-5-18-17(19-11-10-16(21)22-13(2)3)20-12-15-9-7-6-8-14(15)4;/h6-9,13H,5,10-12H2,1-4H3,(H2,18,19,20);1H. The minimum atomic E-state index is -0.197. The summed E-state index contributed by atoms with van der Waals surface area (Å²) < 4.78 is 5.10. The Morgan fingerprint density at radius 3 is 2.57 bits per heavy atom. The van der Waals surface area contributed by atoms with Crippen molar-refractivity contribution in [2.45, 2.75) is 46.8 Å². The zero-order valence-electron chi connectivity index (χ0n) is 14.4. The van der Waals surface area contributed by atoms with Gasteiger partial charge in [0.15, 0.2) is 5.96 Å². The van der Waals surface area contributed by atoms with Gasteiger partial charge in [-0.25, -0.2) is 4.99 Å². The zero-order chi connectivity index (χ0) is 16.4. The molecule has 0 amide bonds. The average Bonchev–Trinajstić information content (AvgIpc) is 2.45. The fourth-order valence-electron chi connectivity index (χ4n) is 1.90. The van der Waals surface area contributed by atoms with E-state index in [9.17, 15) is 4.79 Å². The van der Waals surface area contributed by atoms with Gasteiger partial charge in [-0.15, -0.1) is 24.0 Å². The highest BCUT2D eigenvalue weighted by Crippen LogP contribution is 2.07. The molecular weight excluding hydrogens is 405 g/mol.